The molecule has 0 fully saturated rings. The van der Waals surface area contributed by atoms with Gasteiger partial charge in [-0.1, -0.05) is 78.9 Å². The predicted octanol–water partition coefficient (Wildman–Crippen LogP) is 6.36. The Hall–Kier alpha value is -2.86. The van der Waals surface area contributed by atoms with Gasteiger partial charge in [-0.2, -0.15) is 0 Å². The van der Waals surface area contributed by atoms with E-state index in [1.165, 1.54) is 0 Å². The minimum atomic E-state index is -1.66. The fourth-order valence-corrected chi connectivity index (χ4v) is 4.83. The summed E-state index contributed by atoms with van der Waals surface area (Å²) in [4.78, 5) is 12.1. The molecule has 0 saturated carbocycles. The number of aromatic carboxylic acids is 1. The molecular formula is C23H15IO3. The van der Waals surface area contributed by atoms with Gasteiger partial charge >= 0.3 is 5.97 Å². The predicted molar refractivity (Wildman–Crippen MR) is 115 cm³/mol. The summed E-state index contributed by atoms with van der Waals surface area (Å²) >= 11 is -1.66. The number of carbonyl (C=O) groups is 1. The molecule has 0 aromatic heterocycles. The summed E-state index contributed by atoms with van der Waals surface area (Å²) in [5, 5.41) is 11.4. The van der Waals surface area contributed by atoms with Gasteiger partial charge < -0.3 is 5.11 Å². The second-order valence-corrected chi connectivity index (χ2v) is 7.65. The van der Waals surface area contributed by atoms with Crippen LogP contribution in [0.2, 0.25) is 0 Å². The number of hydrogen-bond donors (Lipinski definition) is 1. The largest absolute Gasteiger partial charge is 0.478 e. The Labute approximate surface area is 166 Å². The molecular weight excluding hydrogens is 451 g/mol. The average molecular weight is 466 g/mol. The highest BCUT2D eigenvalue weighted by molar-refractivity contribution is 14.1. The maximum absolute atomic E-state index is 12.1. The van der Waals surface area contributed by atoms with Crippen molar-refractivity contribution in [1.29, 1.82) is 0 Å². The Morgan fingerprint density at radius 3 is 1.85 bits per heavy atom. The van der Waals surface area contributed by atoms with Gasteiger partial charge in [0.1, 0.15) is 0 Å². The van der Waals surface area contributed by atoms with Gasteiger partial charge in [-0.15, -0.1) is 0 Å². The standard InChI is InChI=1S/C23H15IO3/c25-23(26)21-18-13-7-12-17(15-8-3-1-4-9-15)20(18)14-19(22(21)24-27)16-10-5-2-6-11-16/h1-14H,(H,25,26). The average Bonchev–Trinajstić information content (AvgIpc) is 2.72. The van der Waals surface area contributed by atoms with Crippen LogP contribution in [0.15, 0.2) is 84.9 Å². The summed E-state index contributed by atoms with van der Waals surface area (Å²) in [6.45, 7) is 0. The lowest BCUT2D eigenvalue weighted by molar-refractivity contribution is 0.0698. The zero-order valence-electron chi connectivity index (χ0n) is 14.2. The van der Waals surface area contributed by atoms with Crippen molar-refractivity contribution in [3.05, 3.63) is 94.1 Å². The fraction of sp³-hybridized carbons (Fsp3) is 0. The molecule has 0 aliphatic carbocycles. The van der Waals surface area contributed by atoms with E-state index in [1.54, 1.807) is 6.07 Å². The van der Waals surface area contributed by atoms with E-state index in [0.717, 1.165) is 27.6 Å². The molecule has 0 aliphatic heterocycles. The molecule has 0 aliphatic rings. The summed E-state index contributed by atoms with van der Waals surface area (Å²) < 4.78 is 12.5. The van der Waals surface area contributed by atoms with Crippen LogP contribution < -0.4 is 0 Å². The van der Waals surface area contributed by atoms with Crippen LogP contribution >= 0.6 is 21.2 Å². The molecule has 4 heteroatoms. The normalized spacial score (nSPS) is 10.8. The van der Waals surface area contributed by atoms with E-state index < -0.39 is 27.2 Å². The van der Waals surface area contributed by atoms with Crippen molar-refractivity contribution in [2.75, 3.05) is 0 Å². The Morgan fingerprint density at radius 2 is 1.30 bits per heavy atom. The van der Waals surface area contributed by atoms with Gasteiger partial charge in [-0.3, -0.25) is 3.07 Å². The van der Waals surface area contributed by atoms with E-state index in [4.69, 9.17) is 0 Å². The molecule has 0 spiro atoms. The van der Waals surface area contributed by atoms with E-state index in [2.05, 4.69) is 0 Å². The Balaban J connectivity index is 2.16. The van der Waals surface area contributed by atoms with E-state index in [-0.39, 0.29) is 5.56 Å². The maximum atomic E-state index is 12.1. The van der Waals surface area contributed by atoms with Crippen LogP contribution in [0.25, 0.3) is 33.0 Å². The Morgan fingerprint density at radius 1 is 0.704 bits per heavy atom. The number of carboxylic acid groups (broad SMARTS) is 1. The highest BCUT2D eigenvalue weighted by atomic mass is 127. The first-order valence-corrected chi connectivity index (χ1v) is 10.4. The van der Waals surface area contributed by atoms with Crippen molar-refractivity contribution >= 4 is 37.9 Å². The van der Waals surface area contributed by atoms with E-state index in [0.29, 0.717) is 8.96 Å². The smallest absolute Gasteiger partial charge is 0.337 e. The van der Waals surface area contributed by atoms with Gasteiger partial charge in [0, 0.05) is 0 Å². The van der Waals surface area contributed by atoms with Crippen molar-refractivity contribution in [1.82, 2.24) is 0 Å². The first-order chi connectivity index (χ1) is 13.2. The third-order valence-electron chi connectivity index (χ3n) is 4.58. The summed E-state index contributed by atoms with van der Waals surface area (Å²) in [6, 6.07) is 27.0. The highest BCUT2D eigenvalue weighted by Crippen LogP contribution is 2.39. The van der Waals surface area contributed by atoms with Crippen molar-refractivity contribution in [3.8, 4) is 22.3 Å². The van der Waals surface area contributed by atoms with Gasteiger partial charge in [0.05, 0.1) is 9.13 Å². The summed E-state index contributed by atoms with van der Waals surface area (Å²) in [6.07, 6.45) is 0. The molecule has 27 heavy (non-hydrogen) atoms. The maximum Gasteiger partial charge on any atom is 0.337 e. The molecule has 0 bridgehead atoms. The topological polar surface area (TPSA) is 54.4 Å². The van der Waals surface area contributed by atoms with Crippen LogP contribution in [0.4, 0.5) is 0 Å². The Kier molecular flexibility index (Phi) is 4.81. The number of fused-ring (bicyclic) bond motifs is 1. The number of carboxylic acids is 1. The zero-order valence-corrected chi connectivity index (χ0v) is 16.4. The minimum Gasteiger partial charge on any atom is -0.478 e. The highest BCUT2D eigenvalue weighted by Gasteiger charge is 2.21. The molecule has 0 unspecified atom stereocenters. The van der Waals surface area contributed by atoms with Crippen molar-refractivity contribution in [2.24, 2.45) is 0 Å². The number of rotatable bonds is 4. The second kappa shape index (κ2) is 7.40. The second-order valence-electron chi connectivity index (χ2n) is 6.13. The van der Waals surface area contributed by atoms with Crippen LogP contribution in [-0.4, -0.2) is 11.1 Å². The monoisotopic (exact) mass is 466 g/mol. The van der Waals surface area contributed by atoms with Gasteiger partial charge in [0.2, 0.25) is 0 Å². The van der Waals surface area contributed by atoms with Crippen LogP contribution in [0.5, 0.6) is 0 Å². The molecule has 0 amide bonds. The minimum absolute atomic E-state index is 0.145. The molecule has 0 atom stereocenters. The van der Waals surface area contributed by atoms with Gasteiger partial charge in [-0.25, -0.2) is 4.79 Å². The molecule has 0 saturated heterocycles. The van der Waals surface area contributed by atoms with Crippen LogP contribution in [0.3, 0.4) is 0 Å². The zero-order chi connectivity index (χ0) is 18.8. The van der Waals surface area contributed by atoms with Gasteiger partial charge in [0.25, 0.3) is 0 Å². The molecule has 4 aromatic carbocycles. The summed E-state index contributed by atoms with van der Waals surface area (Å²) in [5.74, 6) is -1.05. The molecule has 4 rings (SSSR count). The number of halogens is 1. The molecule has 3 nitrogen and oxygen atoms in total. The molecule has 0 heterocycles. The summed E-state index contributed by atoms with van der Waals surface area (Å²) in [5.41, 5.74) is 3.72. The van der Waals surface area contributed by atoms with Crippen molar-refractivity contribution in [3.63, 3.8) is 0 Å². The lowest BCUT2D eigenvalue weighted by atomic mass is 9.92. The van der Waals surface area contributed by atoms with Crippen LogP contribution in [-0.2, 0) is 3.07 Å². The SMILES string of the molecule is O=Ic1c(-c2ccccc2)cc2c(-c3ccccc3)cccc2c1C(=O)O. The van der Waals surface area contributed by atoms with Crippen molar-refractivity contribution < 1.29 is 13.0 Å². The molecule has 0 radical (unpaired) electrons. The van der Waals surface area contributed by atoms with Crippen LogP contribution in [0.1, 0.15) is 10.4 Å². The molecule has 132 valence electrons. The molecule has 1 N–H and O–H groups in total. The quantitative estimate of drug-likeness (QED) is 0.357. The summed E-state index contributed by atoms with van der Waals surface area (Å²) in [7, 11) is 0. The lowest BCUT2D eigenvalue weighted by Gasteiger charge is -2.14. The lowest BCUT2D eigenvalue weighted by Crippen LogP contribution is -2.04. The van der Waals surface area contributed by atoms with E-state index in [1.807, 2.05) is 78.9 Å². The van der Waals surface area contributed by atoms with E-state index >= 15 is 0 Å². The van der Waals surface area contributed by atoms with Gasteiger partial charge in [0.15, 0.2) is 21.2 Å². The Bertz CT molecular complexity index is 1150. The van der Waals surface area contributed by atoms with Crippen molar-refractivity contribution in [2.45, 2.75) is 0 Å². The first kappa shape index (κ1) is 17.5. The third-order valence-corrected chi connectivity index (χ3v) is 6.14. The van der Waals surface area contributed by atoms with E-state index in [9.17, 15) is 13.0 Å². The fourth-order valence-electron chi connectivity index (χ4n) is 3.39. The number of benzene rings is 4. The number of hydrogen-bond acceptors (Lipinski definition) is 2. The first-order valence-electron chi connectivity index (χ1n) is 8.41. The van der Waals surface area contributed by atoms with Crippen LogP contribution in [0, 0.1) is 3.57 Å². The molecule has 4 aromatic rings. The van der Waals surface area contributed by atoms with Gasteiger partial charge in [-0.05, 0) is 39.1 Å². The third kappa shape index (κ3) is 3.17.